The molecule has 2 rings (SSSR count). The molecule has 5 heteroatoms. The Bertz CT molecular complexity index is 476. The Balaban J connectivity index is 2.46. The van der Waals surface area contributed by atoms with E-state index in [0.29, 0.717) is 24.0 Å². The Kier molecular flexibility index (Phi) is 4.58. The summed E-state index contributed by atoms with van der Waals surface area (Å²) < 4.78 is 20.0. The van der Waals surface area contributed by atoms with Gasteiger partial charge in [0.2, 0.25) is 0 Å². The number of hydrogen-bond donors (Lipinski definition) is 1. The van der Waals surface area contributed by atoms with E-state index in [-0.39, 0.29) is 11.6 Å². The molecule has 1 saturated carbocycles. The van der Waals surface area contributed by atoms with Gasteiger partial charge in [0.05, 0.1) is 5.69 Å². The van der Waals surface area contributed by atoms with Gasteiger partial charge in [-0.15, -0.1) is 0 Å². The molecule has 0 radical (unpaired) electrons. The number of aryl methyl sites for hydroxylation is 1. The van der Waals surface area contributed by atoms with Gasteiger partial charge >= 0.3 is 0 Å². The number of rotatable bonds is 4. The molecule has 1 N–H and O–H groups in total. The zero-order valence-corrected chi connectivity index (χ0v) is 12.8. The van der Waals surface area contributed by atoms with Crippen LogP contribution in [-0.4, -0.2) is 23.6 Å². The van der Waals surface area contributed by atoms with Crippen molar-refractivity contribution in [1.29, 1.82) is 0 Å². The predicted molar refractivity (Wildman–Crippen MR) is 77.2 cm³/mol. The SMILES string of the molecule is CCOC1(c2nc(C)c(F)c(NC)n2)CCCC(C)C1. The first-order valence-electron chi connectivity index (χ1n) is 7.38. The summed E-state index contributed by atoms with van der Waals surface area (Å²) in [5.41, 5.74) is -0.0899. The van der Waals surface area contributed by atoms with Crippen LogP contribution in [0.25, 0.3) is 0 Å². The average molecular weight is 281 g/mol. The number of halogens is 1. The van der Waals surface area contributed by atoms with Crippen molar-refractivity contribution in [1.82, 2.24) is 9.97 Å². The van der Waals surface area contributed by atoms with Crippen LogP contribution in [0.4, 0.5) is 10.2 Å². The van der Waals surface area contributed by atoms with Gasteiger partial charge in [-0.05, 0) is 39.0 Å². The van der Waals surface area contributed by atoms with Gasteiger partial charge in [-0.3, -0.25) is 0 Å². The molecule has 0 spiro atoms. The Hall–Kier alpha value is -1.23. The Morgan fingerprint density at radius 1 is 1.45 bits per heavy atom. The normalized spacial score (nSPS) is 26.6. The maximum Gasteiger partial charge on any atom is 0.186 e. The monoisotopic (exact) mass is 281 g/mol. The minimum absolute atomic E-state index is 0.254. The molecule has 1 fully saturated rings. The molecule has 0 bridgehead atoms. The van der Waals surface area contributed by atoms with Crippen molar-refractivity contribution >= 4 is 5.82 Å². The van der Waals surface area contributed by atoms with Gasteiger partial charge in [0.1, 0.15) is 5.60 Å². The molecule has 1 heterocycles. The fourth-order valence-electron chi connectivity index (χ4n) is 3.11. The van der Waals surface area contributed by atoms with Crippen LogP contribution in [0.5, 0.6) is 0 Å². The molecule has 0 saturated heterocycles. The van der Waals surface area contributed by atoms with Crippen molar-refractivity contribution in [2.24, 2.45) is 5.92 Å². The fraction of sp³-hybridized carbons (Fsp3) is 0.733. The second-order valence-corrected chi connectivity index (χ2v) is 5.67. The van der Waals surface area contributed by atoms with Gasteiger partial charge in [0, 0.05) is 13.7 Å². The molecule has 112 valence electrons. The van der Waals surface area contributed by atoms with Gasteiger partial charge in [0.25, 0.3) is 0 Å². The van der Waals surface area contributed by atoms with Crippen molar-refractivity contribution in [3.8, 4) is 0 Å². The lowest BCUT2D eigenvalue weighted by molar-refractivity contribution is -0.0881. The minimum atomic E-state index is -0.462. The summed E-state index contributed by atoms with van der Waals surface area (Å²) >= 11 is 0. The van der Waals surface area contributed by atoms with Gasteiger partial charge in [-0.2, -0.15) is 0 Å². The summed E-state index contributed by atoms with van der Waals surface area (Å²) in [6.45, 7) is 6.49. The molecule has 1 aromatic rings. The molecule has 0 amide bonds. The van der Waals surface area contributed by atoms with E-state index in [1.165, 1.54) is 6.42 Å². The van der Waals surface area contributed by atoms with Crippen molar-refractivity contribution in [2.75, 3.05) is 19.0 Å². The van der Waals surface area contributed by atoms with Crippen LogP contribution in [0, 0.1) is 18.7 Å². The summed E-state index contributed by atoms with van der Waals surface area (Å²) in [5.74, 6) is 1.06. The maximum atomic E-state index is 13.9. The smallest absolute Gasteiger partial charge is 0.186 e. The lowest BCUT2D eigenvalue weighted by atomic mass is 9.78. The maximum absolute atomic E-state index is 13.9. The largest absolute Gasteiger partial charge is 0.371 e. The lowest BCUT2D eigenvalue weighted by Crippen LogP contribution is -2.37. The Morgan fingerprint density at radius 2 is 2.20 bits per heavy atom. The van der Waals surface area contributed by atoms with E-state index >= 15 is 0 Å². The lowest BCUT2D eigenvalue weighted by Gasteiger charge is -2.38. The Labute approximate surface area is 120 Å². The summed E-state index contributed by atoms with van der Waals surface area (Å²) in [7, 11) is 1.67. The highest BCUT2D eigenvalue weighted by molar-refractivity contribution is 5.38. The number of nitrogens with zero attached hydrogens (tertiary/aromatic N) is 2. The fourth-order valence-corrected chi connectivity index (χ4v) is 3.11. The Morgan fingerprint density at radius 3 is 2.80 bits per heavy atom. The average Bonchev–Trinajstić information content (AvgIpc) is 2.42. The summed E-state index contributed by atoms with van der Waals surface area (Å²) in [5, 5.41) is 2.80. The number of anilines is 1. The van der Waals surface area contributed by atoms with Crippen molar-refractivity contribution in [2.45, 2.75) is 52.1 Å². The highest BCUT2D eigenvalue weighted by Crippen LogP contribution is 2.42. The summed E-state index contributed by atoms with van der Waals surface area (Å²) in [6, 6.07) is 0. The molecule has 2 unspecified atom stereocenters. The van der Waals surface area contributed by atoms with E-state index in [2.05, 4.69) is 22.2 Å². The molecular formula is C15H24FN3O. The third kappa shape index (κ3) is 2.77. The van der Waals surface area contributed by atoms with Gasteiger partial charge in [-0.1, -0.05) is 13.3 Å². The van der Waals surface area contributed by atoms with Crippen LogP contribution < -0.4 is 5.32 Å². The van der Waals surface area contributed by atoms with E-state index < -0.39 is 5.60 Å². The molecule has 2 atom stereocenters. The third-order valence-corrected chi connectivity index (χ3v) is 4.04. The summed E-state index contributed by atoms with van der Waals surface area (Å²) in [6.07, 6.45) is 4.10. The molecular weight excluding hydrogens is 257 g/mol. The number of hydrogen-bond acceptors (Lipinski definition) is 4. The zero-order valence-electron chi connectivity index (χ0n) is 12.8. The van der Waals surface area contributed by atoms with E-state index in [0.717, 1.165) is 19.3 Å². The summed E-state index contributed by atoms with van der Waals surface area (Å²) in [4.78, 5) is 8.76. The van der Waals surface area contributed by atoms with Crippen LogP contribution in [0.1, 0.15) is 51.0 Å². The van der Waals surface area contributed by atoms with Crippen LogP contribution >= 0.6 is 0 Å². The highest BCUT2D eigenvalue weighted by Gasteiger charge is 2.40. The highest BCUT2D eigenvalue weighted by atomic mass is 19.1. The number of nitrogens with one attached hydrogen (secondary N) is 1. The van der Waals surface area contributed by atoms with E-state index in [1.807, 2.05) is 6.92 Å². The van der Waals surface area contributed by atoms with Crippen molar-refractivity contribution < 1.29 is 9.13 Å². The standard InChI is InChI=1S/C15H24FN3O/c1-5-20-15(8-6-7-10(2)9-15)14-18-11(3)12(16)13(17-4)19-14/h10H,5-9H2,1-4H3,(H,17,18,19). The van der Waals surface area contributed by atoms with Gasteiger partial charge in [-0.25, -0.2) is 14.4 Å². The van der Waals surface area contributed by atoms with Crippen molar-refractivity contribution in [3.05, 3.63) is 17.3 Å². The van der Waals surface area contributed by atoms with Crippen LogP contribution in [0.15, 0.2) is 0 Å². The van der Waals surface area contributed by atoms with E-state index in [9.17, 15) is 4.39 Å². The van der Waals surface area contributed by atoms with E-state index in [4.69, 9.17) is 4.74 Å². The zero-order chi connectivity index (χ0) is 14.8. The molecule has 0 aromatic carbocycles. The van der Waals surface area contributed by atoms with Crippen LogP contribution in [-0.2, 0) is 10.3 Å². The molecule has 1 aliphatic carbocycles. The van der Waals surface area contributed by atoms with Gasteiger partial charge in [0.15, 0.2) is 17.5 Å². The van der Waals surface area contributed by atoms with Crippen LogP contribution in [0.2, 0.25) is 0 Å². The molecule has 1 aromatic heterocycles. The molecule has 4 nitrogen and oxygen atoms in total. The number of aromatic nitrogens is 2. The first kappa shape index (κ1) is 15.2. The predicted octanol–water partition coefficient (Wildman–Crippen LogP) is 3.41. The van der Waals surface area contributed by atoms with Gasteiger partial charge < -0.3 is 10.1 Å². The van der Waals surface area contributed by atoms with E-state index in [1.54, 1.807) is 14.0 Å². The second kappa shape index (κ2) is 6.04. The van der Waals surface area contributed by atoms with Crippen molar-refractivity contribution in [3.63, 3.8) is 0 Å². The third-order valence-electron chi connectivity index (χ3n) is 4.04. The topological polar surface area (TPSA) is 47.0 Å². The molecule has 0 aliphatic heterocycles. The quantitative estimate of drug-likeness (QED) is 0.918. The minimum Gasteiger partial charge on any atom is -0.371 e. The second-order valence-electron chi connectivity index (χ2n) is 5.67. The molecule has 1 aliphatic rings. The van der Waals surface area contributed by atoms with Crippen LogP contribution in [0.3, 0.4) is 0 Å². The molecule has 20 heavy (non-hydrogen) atoms. The first-order chi connectivity index (χ1) is 9.52. The first-order valence-corrected chi connectivity index (χ1v) is 7.38. The number of ether oxygens (including phenoxy) is 1.